The number of hydrogen-bond donors (Lipinski definition) is 1. The summed E-state index contributed by atoms with van der Waals surface area (Å²) in [7, 11) is 0. The first-order chi connectivity index (χ1) is 7.34. The van der Waals surface area contributed by atoms with E-state index in [1.165, 1.54) is 0 Å². The predicted molar refractivity (Wildman–Crippen MR) is 46.9 cm³/mol. The normalized spacial score (nSPS) is 9.75. The monoisotopic (exact) mass is 228 g/mol. The zero-order chi connectivity index (χ0) is 12.5. The van der Waals surface area contributed by atoms with Crippen LogP contribution in [0.4, 0.5) is 17.1 Å². The second-order valence-electron chi connectivity index (χ2n) is 2.51. The maximum Gasteiger partial charge on any atom is 0.219 e. The Bertz CT molecular complexity index is 462. The fourth-order valence-electron chi connectivity index (χ4n) is 0.905. The summed E-state index contributed by atoms with van der Waals surface area (Å²) in [6.07, 6.45) is 0. The maximum absolute atomic E-state index is 10.4. The average Bonchev–Trinajstić information content (AvgIpc) is 2.16. The van der Waals surface area contributed by atoms with E-state index in [1.807, 2.05) is 0 Å². The van der Waals surface area contributed by atoms with Crippen molar-refractivity contribution < 1.29 is 19.9 Å². The molecule has 0 fully saturated rings. The minimum absolute atomic E-state index is 0.391. The van der Waals surface area contributed by atoms with Crippen LogP contribution in [0, 0.1) is 36.4 Å². The van der Waals surface area contributed by atoms with Gasteiger partial charge in [0.05, 0.1) is 0 Å². The molecule has 0 radical (unpaired) electrons. The number of benzene rings is 1. The summed E-state index contributed by atoms with van der Waals surface area (Å²) in [5.41, 5.74) is -3.28. The van der Waals surface area contributed by atoms with Crippen molar-refractivity contribution in [2.75, 3.05) is 0 Å². The number of nitro groups is 3. The molecular formula is C6H2N3O7-. The van der Waals surface area contributed by atoms with E-state index in [0.29, 0.717) is 6.07 Å². The van der Waals surface area contributed by atoms with Crippen molar-refractivity contribution in [2.45, 2.75) is 0 Å². The molecule has 0 atom stereocenters. The highest BCUT2D eigenvalue weighted by atomic mass is 16.6. The topological polar surface area (TPSA) is 150 Å². The van der Waals surface area contributed by atoms with Crippen LogP contribution in [0.2, 0.25) is 0 Å². The SMILES string of the molecule is O=[N+]([O-])c1[c-]c([N+](=O)[O-])c(O)c([N+](=O)[O-])c1. The van der Waals surface area contributed by atoms with Crippen LogP contribution < -0.4 is 0 Å². The van der Waals surface area contributed by atoms with Crippen molar-refractivity contribution in [1.29, 1.82) is 0 Å². The molecule has 0 unspecified atom stereocenters. The van der Waals surface area contributed by atoms with Crippen molar-refractivity contribution in [3.63, 3.8) is 0 Å². The van der Waals surface area contributed by atoms with Gasteiger partial charge < -0.3 is 5.11 Å². The summed E-state index contributed by atoms with van der Waals surface area (Å²) in [6.45, 7) is 0. The largest absolute Gasteiger partial charge is 0.555 e. The van der Waals surface area contributed by atoms with Gasteiger partial charge in [0.1, 0.15) is 0 Å². The van der Waals surface area contributed by atoms with Crippen LogP contribution in [0.5, 0.6) is 5.75 Å². The van der Waals surface area contributed by atoms with Crippen molar-refractivity contribution >= 4 is 17.1 Å². The molecule has 0 saturated carbocycles. The number of non-ortho nitro benzene ring substituents is 1. The molecule has 1 N–H and O–H groups in total. The van der Waals surface area contributed by atoms with E-state index in [2.05, 4.69) is 0 Å². The summed E-state index contributed by atoms with van der Waals surface area (Å²) >= 11 is 0. The molecule has 0 aliphatic rings. The van der Waals surface area contributed by atoms with Gasteiger partial charge in [0.25, 0.3) is 0 Å². The van der Waals surface area contributed by atoms with Crippen LogP contribution in [0.25, 0.3) is 0 Å². The number of nitro benzene ring substituents is 3. The smallest absolute Gasteiger partial charge is 0.219 e. The summed E-state index contributed by atoms with van der Waals surface area (Å²) in [5.74, 6) is -1.26. The molecule has 10 nitrogen and oxygen atoms in total. The first kappa shape index (κ1) is 11.3. The van der Waals surface area contributed by atoms with Gasteiger partial charge in [-0.15, -0.1) is 0 Å². The lowest BCUT2D eigenvalue weighted by Gasteiger charge is -2.05. The van der Waals surface area contributed by atoms with E-state index in [0.717, 1.165) is 0 Å². The number of hydrogen-bond acceptors (Lipinski definition) is 7. The minimum Gasteiger partial charge on any atom is -0.555 e. The summed E-state index contributed by atoms with van der Waals surface area (Å²) in [4.78, 5) is 27.6. The van der Waals surface area contributed by atoms with Gasteiger partial charge in [-0.1, -0.05) is 0 Å². The van der Waals surface area contributed by atoms with Gasteiger partial charge in [0.2, 0.25) is 11.4 Å². The van der Waals surface area contributed by atoms with Crippen molar-refractivity contribution in [1.82, 2.24) is 0 Å². The fourth-order valence-corrected chi connectivity index (χ4v) is 0.905. The first-order valence-electron chi connectivity index (χ1n) is 3.57. The molecule has 16 heavy (non-hydrogen) atoms. The van der Waals surface area contributed by atoms with E-state index in [4.69, 9.17) is 5.11 Å². The molecule has 0 aliphatic carbocycles. The lowest BCUT2D eigenvalue weighted by Crippen LogP contribution is -1.97. The lowest BCUT2D eigenvalue weighted by atomic mass is 10.2. The number of phenols is 1. The van der Waals surface area contributed by atoms with Crippen LogP contribution in [-0.2, 0) is 0 Å². The molecular weight excluding hydrogens is 226 g/mol. The average molecular weight is 228 g/mol. The standard InChI is InChI=1S/C6H2N3O7/c10-6-4(8(13)14)1-3(7(11)12)2-5(6)9(15)16/h1,10H/q-1. The molecule has 0 bridgehead atoms. The Balaban J connectivity index is 3.57. The highest BCUT2D eigenvalue weighted by Crippen LogP contribution is 2.38. The third-order valence-corrected chi connectivity index (χ3v) is 1.56. The Hall–Kier alpha value is -2.78. The van der Waals surface area contributed by atoms with Crippen molar-refractivity contribution in [3.05, 3.63) is 42.5 Å². The molecule has 0 saturated heterocycles. The molecule has 10 heteroatoms. The Morgan fingerprint density at radius 3 is 2.00 bits per heavy atom. The lowest BCUT2D eigenvalue weighted by molar-refractivity contribution is -0.404. The van der Waals surface area contributed by atoms with E-state index < -0.39 is 37.6 Å². The second-order valence-corrected chi connectivity index (χ2v) is 2.51. The number of aromatic hydroxyl groups is 1. The Morgan fingerprint density at radius 1 is 1.06 bits per heavy atom. The molecule has 0 spiro atoms. The van der Waals surface area contributed by atoms with Crippen LogP contribution >= 0.6 is 0 Å². The highest BCUT2D eigenvalue weighted by molar-refractivity contribution is 5.63. The molecule has 1 aromatic rings. The van der Waals surface area contributed by atoms with E-state index in [9.17, 15) is 30.3 Å². The summed E-state index contributed by atoms with van der Waals surface area (Å²) in [6, 6.07) is 2.05. The molecule has 84 valence electrons. The van der Waals surface area contributed by atoms with E-state index in [1.54, 1.807) is 6.07 Å². The second kappa shape index (κ2) is 3.76. The Morgan fingerprint density at radius 2 is 1.62 bits per heavy atom. The number of nitrogens with zero attached hydrogens (tertiary/aromatic N) is 3. The number of rotatable bonds is 3. The van der Waals surface area contributed by atoms with Gasteiger partial charge in [0.15, 0.2) is 11.4 Å². The maximum atomic E-state index is 10.4. The minimum atomic E-state index is -1.26. The van der Waals surface area contributed by atoms with Crippen LogP contribution in [0.15, 0.2) is 6.07 Å². The molecule has 0 amide bonds. The van der Waals surface area contributed by atoms with Gasteiger partial charge in [0, 0.05) is 14.8 Å². The van der Waals surface area contributed by atoms with Crippen LogP contribution in [0.1, 0.15) is 0 Å². The van der Waals surface area contributed by atoms with Crippen LogP contribution in [0.3, 0.4) is 0 Å². The van der Waals surface area contributed by atoms with Gasteiger partial charge in [-0.25, -0.2) is 0 Å². The quantitative estimate of drug-likeness (QED) is 0.458. The molecule has 1 aromatic carbocycles. The van der Waals surface area contributed by atoms with Crippen LogP contribution in [-0.4, -0.2) is 19.9 Å². The fraction of sp³-hybridized carbons (Fsp3) is 0. The number of phenolic OH excluding ortho intramolecular Hbond substituents is 1. The van der Waals surface area contributed by atoms with Gasteiger partial charge in [-0.3, -0.25) is 30.3 Å². The Kier molecular flexibility index (Phi) is 2.66. The Labute approximate surface area is 86.2 Å². The van der Waals surface area contributed by atoms with Crippen molar-refractivity contribution in [2.24, 2.45) is 0 Å². The van der Waals surface area contributed by atoms with Gasteiger partial charge >= 0.3 is 0 Å². The predicted octanol–water partition coefficient (Wildman–Crippen LogP) is 0.917. The third kappa shape index (κ3) is 1.84. The third-order valence-electron chi connectivity index (χ3n) is 1.56. The zero-order valence-electron chi connectivity index (χ0n) is 7.32. The molecule has 0 aliphatic heterocycles. The van der Waals surface area contributed by atoms with Gasteiger partial charge in [-0.05, 0) is 12.1 Å². The molecule has 1 rings (SSSR count). The van der Waals surface area contributed by atoms with E-state index >= 15 is 0 Å². The summed E-state index contributed by atoms with van der Waals surface area (Å²) < 4.78 is 0. The van der Waals surface area contributed by atoms with Gasteiger partial charge in [-0.2, -0.15) is 0 Å². The molecule has 0 aromatic heterocycles. The first-order valence-corrected chi connectivity index (χ1v) is 3.57. The van der Waals surface area contributed by atoms with Crippen molar-refractivity contribution in [3.8, 4) is 5.75 Å². The molecule has 0 heterocycles. The highest BCUT2D eigenvalue weighted by Gasteiger charge is 2.21. The van der Waals surface area contributed by atoms with E-state index in [-0.39, 0.29) is 0 Å². The zero-order valence-corrected chi connectivity index (χ0v) is 7.32. The summed E-state index contributed by atoms with van der Waals surface area (Å²) in [5, 5.41) is 40.1.